The van der Waals surface area contributed by atoms with Gasteiger partial charge in [0.25, 0.3) is 0 Å². The lowest BCUT2D eigenvalue weighted by molar-refractivity contribution is 0.436. The van der Waals surface area contributed by atoms with Gasteiger partial charge >= 0.3 is 0 Å². The van der Waals surface area contributed by atoms with Crippen LogP contribution in [-0.4, -0.2) is 10.1 Å². The Morgan fingerprint density at radius 2 is 2.18 bits per heavy atom. The molecule has 1 aromatic carbocycles. The van der Waals surface area contributed by atoms with Gasteiger partial charge < -0.3 is 15.2 Å². The number of nitrogens with zero attached hydrogens (tertiary/aromatic N) is 1. The molecule has 5 heteroatoms. The number of hydrogen-bond donors (Lipinski definition) is 2. The minimum absolute atomic E-state index is 0.121. The van der Waals surface area contributed by atoms with Crippen LogP contribution < -0.4 is 5.73 Å². The Hall–Kier alpha value is -2.30. The van der Waals surface area contributed by atoms with Crippen molar-refractivity contribution in [3.8, 4) is 11.1 Å². The van der Waals surface area contributed by atoms with E-state index in [1.807, 2.05) is 13.0 Å². The minimum atomic E-state index is -0.318. The Labute approximate surface area is 96.2 Å². The highest BCUT2D eigenvalue weighted by molar-refractivity contribution is 5.88. The van der Waals surface area contributed by atoms with Gasteiger partial charge in [-0.05, 0) is 25.1 Å². The number of aromatic nitrogens is 2. The summed E-state index contributed by atoms with van der Waals surface area (Å²) in [5.41, 5.74) is 8.13. The molecule has 0 bridgehead atoms. The van der Waals surface area contributed by atoms with E-state index in [4.69, 9.17) is 10.3 Å². The lowest BCUT2D eigenvalue weighted by Crippen LogP contribution is -1.88. The Kier molecular flexibility index (Phi) is 1.95. The molecule has 0 aliphatic heterocycles. The highest BCUT2D eigenvalue weighted by Crippen LogP contribution is 2.32. The third-order valence-electron chi connectivity index (χ3n) is 2.76. The van der Waals surface area contributed by atoms with E-state index >= 15 is 0 Å². The minimum Gasteiger partial charge on any atom is -0.367 e. The molecule has 3 rings (SSSR count). The van der Waals surface area contributed by atoms with Gasteiger partial charge in [-0.1, -0.05) is 5.16 Å². The van der Waals surface area contributed by atoms with Gasteiger partial charge in [-0.2, -0.15) is 0 Å². The molecule has 0 amide bonds. The van der Waals surface area contributed by atoms with Crippen LogP contribution in [0.4, 0.5) is 10.3 Å². The number of nitrogens with one attached hydrogen (secondary N) is 1. The van der Waals surface area contributed by atoms with Gasteiger partial charge in [-0.3, -0.25) is 0 Å². The van der Waals surface area contributed by atoms with Crippen molar-refractivity contribution in [1.82, 2.24) is 10.1 Å². The molecule has 0 fully saturated rings. The molecule has 0 aliphatic carbocycles. The SMILES string of the molecule is Cc1cc2c(F)c(-c3cnoc3N)ccc2[nH]1. The normalized spacial score (nSPS) is 11.2. The van der Waals surface area contributed by atoms with Crippen LogP contribution >= 0.6 is 0 Å². The van der Waals surface area contributed by atoms with Gasteiger partial charge in [0.2, 0.25) is 5.88 Å². The molecule has 0 atom stereocenters. The van der Waals surface area contributed by atoms with E-state index < -0.39 is 0 Å². The zero-order valence-electron chi connectivity index (χ0n) is 9.12. The van der Waals surface area contributed by atoms with Crippen molar-refractivity contribution in [1.29, 1.82) is 0 Å². The van der Waals surface area contributed by atoms with Gasteiger partial charge in [-0.25, -0.2) is 4.39 Å². The van der Waals surface area contributed by atoms with Gasteiger partial charge in [0.05, 0.1) is 11.8 Å². The van der Waals surface area contributed by atoms with Crippen molar-refractivity contribution < 1.29 is 8.91 Å². The third kappa shape index (κ3) is 1.39. The first-order valence-corrected chi connectivity index (χ1v) is 5.15. The summed E-state index contributed by atoms with van der Waals surface area (Å²) < 4.78 is 19.0. The first-order valence-electron chi connectivity index (χ1n) is 5.15. The van der Waals surface area contributed by atoms with Crippen molar-refractivity contribution in [2.24, 2.45) is 0 Å². The van der Waals surface area contributed by atoms with E-state index in [0.29, 0.717) is 16.5 Å². The zero-order chi connectivity index (χ0) is 12.0. The van der Waals surface area contributed by atoms with Gasteiger partial charge in [0.1, 0.15) is 5.82 Å². The molecule has 0 saturated carbocycles. The predicted octanol–water partition coefficient (Wildman–Crippen LogP) is 2.85. The molecule has 4 nitrogen and oxygen atoms in total. The second kappa shape index (κ2) is 3.35. The van der Waals surface area contributed by atoms with E-state index in [1.54, 1.807) is 12.1 Å². The topological polar surface area (TPSA) is 67.8 Å². The number of fused-ring (bicyclic) bond motifs is 1. The maximum Gasteiger partial charge on any atom is 0.230 e. The highest BCUT2D eigenvalue weighted by atomic mass is 19.1. The molecule has 0 spiro atoms. The van der Waals surface area contributed by atoms with E-state index in [-0.39, 0.29) is 11.7 Å². The van der Waals surface area contributed by atoms with Gasteiger partial charge in [0.15, 0.2) is 0 Å². The molecule has 0 radical (unpaired) electrons. The Morgan fingerprint density at radius 3 is 2.88 bits per heavy atom. The molecule has 3 N–H and O–H groups in total. The maximum atomic E-state index is 14.3. The van der Waals surface area contributed by atoms with Crippen LogP contribution in [0, 0.1) is 12.7 Å². The predicted molar refractivity (Wildman–Crippen MR) is 62.9 cm³/mol. The van der Waals surface area contributed by atoms with Crippen molar-refractivity contribution in [2.45, 2.75) is 6.92 Å². The molecule has 0 saturated heterocycles. The standard InChI is InChI=1S/C12H10FN3O/c1-6-4-8-10(16-6)3-2-7(11(8)13)9-5-15-17-12(9)14/h2-5,16H,14H2,1H3. The number of aryl methyl sites for hydroxylation is 1. The molecule has 2 aromatic heterocycles. The number of anilines is 1. The second-order valence-corrected chi connectivity index (χ2v) is 3.94. The van der Waals surface area contributed by atoms with Crippen molar-refractivity contribution >= 4 is 16.8 Å². The number of hydrogen-bond acceptors (Lipinski definition) is 3. The lowest BCUT2D eigenvalue weighted by Gasteiger charge is -2.01. The summed E-state index contributed by atoms with van der Waals surface area (Å²) in [6.45, 7) is 1.88. The largest absolute Gasteiger partial charge is 0.367 e. The molecular weight excluding hydrogens is 221 g/mol. The summed E-state index contributed by atoms with van der Waals surface area (Å²) >= 11 is 0. The molecule has 86 valence electrons. The van der Waals surface area contributed by atoms with E-state index in [1.165, 1.54) is 6.20 Å². The van der Waals surface area contributed by atoms with Crippen molar-refractivity contribution in [3.05, 3.63) is 35.9 Å². The highest BCUT2D eigenvalue weighted by Gasteiger charge is 2.15. The number of H-pyrrole nitrogens is 1. The fourth-order valence-corrected chi connectivity index (χ4v) is 1.97. The number of benzene rings is 1. The summed E-state index contributed by atoms with van der Waals surface area (Å²) in [6.07, 6.45) is 1.42. The fourth-order valence-electron chi connectivity index (χ4n) is 1.97. The van der Waals surface area contributed by atoms with Crippen LogP contribution in [0.5, 0.6) is 0 Å². The quantitative estimate of drug-likeness (QED) is 0.676. The number of nitrogens with two attached hydrogens (primary N) is 1. The number of aromatic amines is 1. The van der Waals surface area contributed by atoms with Crippen LogP contribution in [0.1, 0.15) is 5.69 Å². The van der Waals surface area contributed by atoms with Crippen molar-refractivity contribution in [3.63, 3.8) is 0 Å². The van der Waals surface area contributed by atoms with Crippen LogP contribution in [0.3, 0.4) is 0 Å². The third-order valence-corrected chi connectivity index (χ3v) is 2.76. The van der Waals surface area contributed by atoms with Gasteiger partial charge in [-0.15, -0.1) is 0 Å². The zero-order valence-corrected chi connectivity index (χ0v) is 9.12. The summed E-state index contributed by atoms with van der Waals surface area (Å²) in [4.78, 5) is 3.08. The summed E-state index contributed by atoms with van der Waals surface area (Å²) in [5, 5.41) is 4.09. The summed E-state index contributed by atoms with van der Waals surface area (Å²) in [6, 6.07) is 5.24. The van der Waals surface area contributed by atoms with Gasteiger partial charge in [0, 0.05) is 22.2 Å². The fraction of sp³-hybridized carbons (Fsp3) is 0.0833. The van der Waals surface area contributed by atoms with Crippen molar-refractivity contribution in [2.75, 3.05) is 5.73 Å². The summed E-state index contributed by atoms with van der Waals surface area (Å²) in [7, 11) is 0. The average molecular weight is 231 g/mol. The molecule has 2 heterocycles. The monoisotopic (exact) mass is 231 g/mol. The smallest absolute Gasteiger partial charge is 0.230 e. The van der Waals surface area contributed by atoms with E-state index in [0.717, 1.165) is 11.2 Å². The van der Waals surface area contributed by atoms with E-state index in [2.05, 4.69) is 10.1 Å². The van der Waals surface area contributed by atoms with Crippen LogP contribution in [0.15, 0.2) is 28.9 Å². The molecule has 0 aliphatic rings. The van der Waals surface area contributed by atoms with E-state index in [9.17, 15) is 4.39 Å². The molecule has 3 aromatic rings. The first kappa shape index (κ1) is 9.89. The van der Waals surface area contributed by atoms with Crippen LogP contribution in [0.25, 0.3) is 22.0 Å². The molecular formula is C12H10FN3O. The molecule has 0 unspecified atom stereocenters. The molecule has 17 heavy (non-hydrogen) atoms. The Bertz CT molecular complexity index is 699. The van der Waals surface area contributed by atoms with Crippen LogP contribution in [-0.2, 0) is 0 Å². The lowest BCUT2D eigenvalue weighted by atomic mass is 10.1. The number of nitrogen functional groups attached to an aromatic ring is 1. The van der Waals surface area contributed by atoms with Crippen LogP contribution in [0.2, 0.25) is 0 Å². The second-order valence-electron chi connectivity index (χ2n) is 3.94. The Morgan fingerprint density at radius 1 is 1.35 bits per heavy atom. The number of halogens is 1. The Balaban J connectivity index is 2.31. The number of rotatable bonds is 1. The average Bonchev–Trinajstić information content (AvgIpc) is 2.85. The maximum absolute atomic E-state index is 14.3. The summed E-state index contributed by atoms with van der Waals surface area (Å²) in [5.74, 6) is -0.197. The first-order chi connectivity index (χ1) is 8.16.